The van der Waals surface area contributed by atoms with Crippen LogP contribution >= 0.6 is 0 Å². The topological polar surface area (TPSA) is 90.1 Å². The van der Waals surface area contributed by atoms with E-state index >= 15 is 0 Å². The molecule has 7 heteroatoms. The Bertz CT molecular complexity index is 621. The maximum Gasteiger partial charge on any atom is 0.290 e. The molecule has 0 unspecified atom stereocenters. The number of amides is 1. The molecule has 0 aliphatic heterocycles. The molecule has 22 heavy (non-hydrogen) atoms. The minimum absolute atomic E-state index is 0.123. The molecule has 0 atom stereocenters. The normalized spacial score (nSPS) is 21.3. The molecule has 1 saturated carbocycles. The van der Waals surface area contributed by atoms with E-state index in [2.05, 4.69) is 20.4 Å². The Morgan fingerprint density at radius 2 is 2.14 bits per heavy atom. The van der Waals surface area contributed by atoms with Crippen LogP contribution in [0.1, 0.15) is 41.9 Å². The molecular formula is C15H18N4O3. The second kappa shape index (κ2) is 6.55. The van der Waals surface area contributed by atoms with Crippen molar-refractivity contribution < 1.29 is 14.1 Å². The molecule has 2 heterocycles. The molecule has 7 nitrogen and oxygen atoms in total. The lowest BCUT2D eigenvalue weighted by atomic mass is 9.93. The Morgan fingerprint density at radius 1 is 1.32 bits per heavy atom. The van der Waals surface area contributed by atoms with Crippen LogP contribution in [0, 0.1) is 6.92 Å². The van der Waals surface area contributed by atoms with E-state index in [0.29, 0.717) is 11.6 Å². The van der Waals surface area contributed by atoms with Crippen molar-refractivity contribution in [2.45, 2.75) is 44.8 Å². The zero-order chi connectivity index (χ0) is 15.4. The molecule has 0 bridgehead atoms. The number of nitrogens with zero attached hydrogens (tertiary/aromatic N) is 3. The fourth-order valence-electron chi connectivity index (χ4n) is 2.57. The largest absolute Gasteiger partial charge is 0.473 e. The fourth-order valence-corrected chi connectivity index (χ4v) is 2.57. The van der Waals surface area contributed by atoms with Gasteiger partial charge in [-0.1, -0.05) is 5.16 Å². The van der Waals surface area contributed by atoms with Gasteiger partial charge in [0.15, 0.2) is 0 Å². The quantitative estimate of drug-likeness (QED) is 0.927. The van der Waals surface area contributed by atoms with Crippen molar-refractivity contribution in [3.8, 4) is 5.88 Å². The van der Waals surface area contributed by atoms with Gasteiger partial charge in [0.2, 0.25) is 11.6 Å². The summed E-state index contributed by atoms with van der Waals surface area (Å²) in [7, 11) is 0. The van der Waals surface area contributed by atoms with E-state index < -0.39 is 0 Å². The Hall–Kier alpha value is -2.44. The molecule has 1 fully saturated rings. The van der Waals surface area contributed by atoms with Crippen LogP contribution < -0.4 is 10.1 Å². The number of carbonyl (C=O) groups is 1. The first-order valence-corrected chi connectivity index (χ1v) is 7.37. The van der Waals surface area contributed by atoms with Gasteiger partial charge >= 0.3 is 0 Å². The van der Waals surface area contributed by atoms with Crippen LogP contribution in [0.15, 0.2) is 29.2 Å². The van der Waals surface area contributed by atoms with Crippen molar-refractivity contribution in [1.82, 2.24) is 20.4 Å². The molecule has 1 aliphatic rings. The van der Waals surface area contributed by atoms with Gasteiger partial charge in [0, 0.05) is 24.5 Å². The van der Waals surface area contributed by atoms with Crippen LogP contribution in [0.25, 0.3) is 0 Å². The maximum atomic E-state index is 12.0. The van der Waals surface area contributed by atoms with Crippen molar-refractivity contribution in [1.29, 1.82) is 0 Å². The number of nitrogens with one attached hydrogen (secondary N) is 1. The van der Waals surface area contributed by atoms with Crippen LogP contribution in [-0.2, 0) is 0 Å². The third-order valence-electron chi connectivity index (χ3n) is 3.69. The van der Waals surface area contributed by atoms with Crippen molar-refractivity contribution >= 4 is 5.91 Å². The molecule has 1 aliphatic carbocycles. The number of aryl methyl sites for hydroxylation is 1. The average molecular weight is 302 g/mol. The minimum atomic E-state index is -0.209. The third-order valence-corrected chi connectivity index (χ3v) is 3.69. The second-order valence-electron chi connectivity index (χ2n) is 5.44. The Morgan fingerprint density at radius 3 is 2.77 bits per heavy atom. The van der Waals surface area contributed by atoms with Crippen LogP contribution in [-0.4, -0.2) is 33.2 Å². The lowest BCUT2D eigenvalue weighted by molar-refractivity contribution is 0.0854. The number of carbonyl (C=O) groups excluding carboxylic acids is 1. The first-order valence-electron chi connectivity index (χ1n) is 7.37. The molecule has 116 valence electrons. The number of aromatic nitrogens is 3. The molecule has 0 saturated heterocycles. The van der Waals surface area contributed by atoms with Crippen molar-refractivity contribution in [3.63, 3.8) is 0 Å². The molecule has 0 spiro atoms. The summed E-state index contributed by atoms with van der Waals surface area (Å²) in [6.07, 6.45) is 8.43. The van der Waals surface area contributed by atoms with Gasteiger partial charge in [-0.15, -0.1) is 0 Å². The average Bonchev–Trinajstić information content (AvgIpc) is 2.97. The van der Waals surface area contributed by atoms with Crippen LogP contribution in [0.3, 0.4) is 0 Å². The highest BCUT2D eigenvalue weighted by atomic mass is 16.5. The van der Waals surface area contributed by atoms with Crippen molar-refractivity contribution in [2.24, 2.45) is 0 Å². The van der Waals surface area contributed by atoms with Gasteiger partial charge in [-0.2, -0.15) is 0 Å². The Kier molecular flexibility index (Phi) is 4.32. The standard InChI is InChI=1S/C15H18N4O3/c1-10-8-13(22-19-10)15(20)18-11-2-4-12(5-3-11)21-14-9-16-6-7-17-14/h6-9,11-12H,2-5H2,1H3,(H,18,20). The molecule has 0 radical (unpaired) electrons. The molecule has 1 amide bonds. The van der Waals surface area contributed by atoms with E-state index in [9.17, 15) is 4.79 Å². The summed E-state index contributed by atoms with van der Waals surface area (Å²) in [6.45, 7) is 1.79. The summed E-state index contributed by atoms with van der Waals surface area (Å²) in [5.41, 5.74) is 0.700. The highest BCUT2D eigenvalue weighted by molar-refractivity contribution is 5.91. The summed E-state index contributed by atoms with van der Waals surface area (Å²) in [5.74, 6) is 0.599. The predicted octanol–water partition coefficient (Wildman–Crippen LogP) is 1.89. The Labute approximate surface area is 128 Å². The minimum Gasteiger partial charge on any atom is -0.473 e. The van der Waals surface area contributed by atoms with Crippen molar-refractivity contribution in [2.75, 3.05) is 0 Å². The summed E-state index contributed by atoms with van der Waals surface area (Å²) in [5, 5.41) is 6.70. The molecule has 3 rings (SSSR count). The smallest absolute Gasteiger partial charge is 0.290 e. The zero-order valence-corrected chi connectivity index (χ0v) is 12.4. The molecule has 1 N–H and O–H groups in total. The maximum absolute atomic E-state index is 12.0. The summed E-state index contributed by atoms with van der Waals surface area (Å²) < 4.78 is 10.7. The number of ether oxygens (including phenoxy) is 1. The van der Waals surface area contributed by atoms with E-state index in [0.717, 1.165) is 25.7 Å². The molecule has 0 aromatic carbocycles. The molecule has 2 aromatic heterocycles. The predicted molar refractivity (Wildman–Crippen MR) is 77.4 cm³/mol. The fraction of sp³-hybridized carbons (Fsp3) is 0.467. The lowest BCUT2D eigenvalue weighted by Gasteiger charge is -2.28. The summed E-state index contributed by atoms with van der Waals surface area (Å²) in [6, 6.07) is 1.78. The van der Waals surface area contributed by atoms with Gasteiger partial charge in [-0.25, -0.2) is 4.98 Å². The van der Waals surface area contributed by atoms with Crippen molar-refractivity contribution in [3.05, 3.63) is 36.1 Å². The van der Waals surface area contributed by atoms with Gasteiger partial charge in [0.05, 0.1) is 11.9 Å². The number of hydrogen-bond acceptors (Lipinski definition) is 6. The highest BCUT2D eigenvalue weighted by Crippen LogP contribution is 2.22. The van der Waals surface area contributed by atoms with Gasteiger partial charge < -0.3 is 14.6 Å². The first-order chi connectivity index (χ1) is 10.7. The summed E-state index contributed by atoms with van der Waals surface area (Å²) in [4.78, 5) is 20.1. The molecular weight excluding hydrogens is 284 g/mol. The van der Waals surface area contributed by atoms with Gasteiger partial charge in [-0.05, 0) is 32.6 Å². The first kappa shape index (κ1) is 14.5. The van der Waals surface area contributed by atoms with E-state index in [1.165, 1.54) is 0 Å². The van der Waals surface area contributed by atoms with Crippen LogP contribution in [0.4, 0.5) is 0 Å². The van der Waals surface area contributed by atoms with Crippen LogP contribution in [0.2, 0.25) is 0 Å². The number of rotatable bonds is 4. The van der Waals surface area contributed by atoms with Gasteiger partial charge in [-0.3, -0.25) is 9.78 Å². The lowest BCUT2D eigenvalue weighted by Crippen LogP contribution is -2.39. The molecule has 2 aromatic rings. The van der Waals surface area contributed by atoms with Gasteiger partial charge in [0.1, 0.15) is 6.10 Å². The van der Waals surface area contributed by atoms with E-state index in [4.69, 9.17) is 9.26 Å². The van der Waals surface area contributed by atoms with E-state index in [1.807, 2.05) is 0 Å². The van der Waals surface area contributed by atoms with E-state index in [-0.39, 0.29) is 23.8 Å². The Balaban J connectivity index is 1.46. The summed E-state index contributed by atoms with van der Waals surface area (Å²) >= 11 is 0. The van der Waals surface area contributed by atoms with E-state index in [1.54, 1.807) is 31.6 Å². The third kappa shape index (κ3) is 3.60. The monoisotopic (exact) mass is 302 g/mol. The number of hydrogen-bond donors (Lipinski definition) is 1. The van der Waals surface area contributed by atoms with Gasteiger partial charge in [0.25, 0.3) is 5.91 Å². The zero-order valence-electron chi connectivity index (χ0n) is 12.4. The highest BCUT2D eigenvalue weighted by Gasteiger charge is 2.25. The van der Waals surface area contributed by atoms with Crippen LogP contribution in [0.5, 0.6) is 5.88 Å². The SMILES string of the molecule is Cc1cc(C(=O)NC2CCC(Oc3cnccn3)CC2)on1. The second-order valence-corrected chi connectivity index (χ2v) is 5.44.